The van der Waals surface area contributed by atoms with Gasteiger partial charge in [0.15, 0.2) is 0 Å². The number of hydrogen-bond donors (Lipinski definition) is 3. The molecule has 0 radical (unpaired) electrons. The number of carbonyl (C=O) groups is 3. The van der Waals surface area contributed by atoms with E-state index >= 15 is 0 Å². The van der Waals surface area contributed by atoms with E-state index in [4.69, 9.17) is 4.74 Å². The Morgan fingerprint density at radius 2 is 1.80 bits per heavy atom. The van der Waals surface area contributed by atoms with Crippen LogP contribution in [0.15, 0.2) is 42.5 Å². The number of carbonyl (C=O) groups excluding carboxylic acids is 3. The first-order valence-corrected chi connectivity index (χ1v) is 11.9. The Labute approximate surface area is 204 Å². The minimum atomic E-state index is -0.568. The van der Waals surface area contributed by atoms with Gasteiger partial charge in [0.25, 0.3) is 0 Å². The van der Waals surface area contributed by atoms with Gasteiger partial charge in [0, 0.05) is 31.7 Å². The van der Waals surface area contributed by atoms with Crippen LogP contribution in [0.4, 0.5) is 25.4 Å². The summed E-state index contributed by atoms with van der Waals surface area (Å²) in [7, 11) is 1.64. The molecule has 4 amide bonds. The van der Waals surface area contributed by atoms with E-state index in [9.17, 15) is 18.8 Å². The molecule has 1 fully saturated rings. The van der Waals surface area contributed by atoms with Crippen molar-refractivity contribution in [1.82, 2.24) is 10.2 Å². The second-order valence-corrected chi connectivity index (χ2v) is 9.42. The lowest BCUT2D eigenvalue weighted by Crippen LogP contribution is -2.44. The van der Waals surface area contributed by atoms with Crippen molar-refractivity contribution in [2.45, 2.75) is 51.2 Å². The van der Waals surface area contributed by atoms with Crippen molar-refractivity contribution in [2.24, 2.45) is 5.92 Å². The molecule has 0 spiro atoms. The molecule has 1 heterocycles. The van der Waals surface area contributed by atoms with E-state index in [1.54, 1.807) is 30.1 Å². The van der Waals surface area contributed by atoms with Crippen LogP contribution in [0.3, 0.4) is 0 Å². The van der Waals surface area contributed by atoms with Gasteiger partial charge in [-0.05, 0) is 74.4 Å². The Bertz CT molecular complexity index is 1110. The van der Waals surface area contributed by atoms with E-state index in [-0.39, 0.29) is 23.6 Å². The summed E-state index contributed by atoms with van der Waals surface area (Å²) in [5, 5.41) is 7.92. The topological polar surface area (TPSA) is 99.8 Å². The van der Waals surface area contributed by atoms with Gasteiger partial charge in [-0.3, -0.25) is 4.79 Å². The van der Waals surface area contributed by atoms with Crippen LogP contribution in [-0.2, 0) is 22.5 Å². The highest BCUT2D eigenvalue weighted by Crippen LogP contribution is 2.35. The zero-order valence-electron chi connectivity index (χ0n) is 20.0. The molecular weight excluding hydrogens is 451 g/mol. The average Bonchev–Trinajstić information content (AvgIpc) is 2.85. The molecule has 0 atom stereocenters. The van der Waals surface area contributed by atoms with Crippen LogP contribution in [0, 0.1) is 11.7 Å². The molecule has 9 heteroatoms. The number of ether oxygens (including phenoxy) is 1. The summed E-state index contributed by atoms with van der Waals surface area (Å²) in [5.74, 6) is -0.483. The number of anilines is 2. The molecule has 1 saturated carbocycles. The number of fused-ring (bicyclic) bond motifs is 1. The molecule has 8 nitrogen and oxygen atoms in total. The molecule has 4 rings (SSSR count). The van der Waals surface area contributed by atoms with Crippen molar-refractivity contribution < 1.29 is 23.5 Å². The smallest absolute Gasteiger partial charge is 0.410 e. The first-order chi connectivity index (χ1) is 16.8. The minimum absolute atomic E-state index is 0.0229. The van der Waals surface area contributed by atoms with Crippen molar-refractivity contribution in [2.75, 3.05) is 24.2 Å². The average molecular weight is 483 g/mol. The van der Waals surface area contributed by atoms with Crippen LogP contribution in [0.1, 0.15) is 43.7 Å². The zero-order valence-corrected chi connectivity index (χ0v) is 20.0. The highest BCUT2D eigenvalue weighted by molar-refractivity contribution is 5.99. The molecule has 1 aliphatic carbocycles. The van der Waals surface area contributed by atoms with Gasteiger partial charge in [-0.25, -0.2) is 14.0 Å². The van der Waals surface area contributed by atoms with Crippen molar-refractivity contribution in [3.05, 3.63) is 59.4 Å². The van der Waals surface area contributed by atoms with E-state index in [2.05, 4.69) is 16.0 Å². The number of halogens is 1. The zero-order chi connectivity index (χ0) is 25.0. The fraction of sp³-hybridized carbons (Fsp3) is 0.423. The number of hydrogen-bond acceptors (Lipinski definition) is 4. The SMILES string of the molecule is CNC(=O)[C@H]1CC[C@](C)(OC(=O)N2CCc3cc(NC(=O)Nc4ccccc4F)ccc3C2)CC1. The quantitative estimate of drug-likeness (QED) is 0.590. The predicted molar refractivity (Wildman–Crippen MR) is 131 cm³/mol. The molecule has 186 valence electrons. The lowest BCUT2D eigenvalue weighted by Gasteiger charge is -2.38. The number of urea groups is 1. The molecule has 2 aliphatic rings. The fourth-order valence-corrected chi connectivity index (χ4v) is 4.71. The van der Waals surface area contributed by atoms with E-state index < -0.39 is 17.4 Å². The van der Waals surface area contributed by atoms with Crippen molar-refractivity contribution in [3.8, 4) is 0 Å². The molecule has 3 N–H and O–H groups in total. The van der Waals surface area contributed by atoms with Gasteiger partial charge in [0.05, 0.1) is 5.69 Å². The van der Waals surface area contributed by atoms with Crippen LogP contribution in [0.25, 0.3) is 0 Å². The third-order valence-electron chi connectivity index (χ3n) is 6.85. The second kappa shape index (κ2) is 10.3. The van der Waals surface area contributed by atoms with Crippen molar-refractivity contribution in [3.63, 3.8) is 0 Å². The Morgan fingerprint density at radius 3 is 2.51 bits per heavy atom. The summed E-state index contributed by atoms with van der Waals surface area (Å²) in [4.78, 5) is 38.7. The number of para-hydroxylation sites is 1. The van der Waals surface area contributed by atoms with Gasteiger partial charge < -0.3 is 25.6 Å². The Morgan fingerprint density at radius 1 is 1.06 bits per heavy atom. The van der Waals surface area contributed by atoms with Gasteiger partial charge in [0.1, 0.15) is 11.4 Å². The number of nitrogens with zero attached hydrogens (tertiary/aromatic N) is 1. The van der Waals surface area contributed by atoms with Crippen LogP contribution < -0.4 is 16.0 Å². The maximum absolute atomic E-state index is 13.8. The van der Waals surface area contributed by atoms with Crippen LogP contribution in [-0.4, -0.2) is 42.1 Å². The molecule has 0 saturated heterocycles. The summed E-state index contributed by atoms with van der Waals surface area (Å²) >= 11 is 0. The van der Waals surface area contributed by atoms with Crippen molar-refractivity contribution >= 4 is 29.4 Å². The van der Waals surface area contributed by atoms with Gasteiger partial charge in [-0.15, -0.1) is 0 Å². The monoisotopic (exact) mass is 482 g/mol. The highest BCUT2D eigenvalue weighted by Gasteiger charge is 2.38. The summed E-state index contributed by atoms with van der Waals surface area (Å²) < 4.78 is 19.6. The first kappa shape index (κ1) is 24.5. The van der Waals surface area contributed by atoms with Gasteiger partial charge in [-0.2, -0.15) is 0 Å². The van der Waals surface area contributed by atoms with Crippen molar-refractivity contribution in [1.29, 1.82) is 0 Å². The fourth-order valence-electron chi connectivity index (χ4n) is 4.71. The maximum Gasteiger partial charge on any atom is 0.410 e. The summed E-state index contributed by atoms with van der Waals surface area (Å²) in [6.45, 7) is 2.87. The molecule has 2 aromatic rings. The van der Waals surface area contributed by atoms with Gasteiger partial charge in [0.2, 0.25) is 5.91 Å². The third-order valence-corrected chi connectivity index (χ3v) is 6.85. The largest absolute Gasteiger partial charge is 0.443 e. The summed E-state index contributed by atoms with van der Waals surface area (Å²) in [6, 6.07) is 10.9. The van der Waals surface area contributed by atoms with E-state index in [0.717, 1.165) is 11.1 Å². The summed E-state index contributed by atoms with van der Waals surface area (Å²) in [6.07, 6.45) is 3.00. The number of rotatable bonds is 4. The standard InChI is InChI=1S/C26H31FN4O4/c1-26(12-9-17(10-13-26)23(32)28-2)35-25(34)31-14-11-18-15-20(8-7-19(18)16-31)29-24(33)30-22-6-4-3-5-21(22)27/h3-8,15,17H,9-14,16H2,1-2H3,(H,28,32)(H2,29,30,33)/t17-,26-. The predicted octanol–water partition coefficient (Wildman–Crippen LogP) is 4.66. The van der Waals surface area contributed by atoms with E-state index in [1.165, 1.54) is 12.1 Å². The Hall–Kier alpha value is -3.62. The second-order valence-electron chi connectivity index (χ2n) is 9.42. The number of benzene rings is 2. The van der Waals surface area contributed by atoms with Gasteiger partial charge in [-0.1, -0.05) is 18.2 Å². The molecule has 35 heavy (non-hydrogen) atoms. The minimum Gasteiger partial charge on any atom is -0.443 e. The van der Waals surface area contributed by atoms with E-state index in [1.807, 2.05) is 19.1 Å². The van der Waals surface area contributed by atoms with E-state index in [0.29, 0.717) is 50.9 Å². The van der Waals surface area contributed by atoms with Gasteiger partial charge >= 0.3 is 12.1 Å². The Kier molecular flexibility index (Phi) is 7.23. The summed E-state index contributed by atoms with van der Waals surface area (Å²) in [5.41, 5.74) is 2.15. The lowest BCUT2D eigenvalue weighted by atomic mass is 9.79. The van der Waals surface area contributed by atoms with Crippen LogP contribution >= 0.6 is 0 Å². The molecular formula is C26H31FN4O4. The number of amides is 4. The van der Waals surface area contributed by atoms with Crippen LogP contribution in [0.5, 0.6) is 0 Å². The maximum atomic E-state index is 13.8. The number of nitrogens with one attached hydrogen (secondary N) is 3. The normalized spacial score (nSPS) is 21.5. The highest BCUT2D eigenvalue weighted by atomic mass is 19.1. The molecule has 0 bridgehead atoms. The third kappa shape index (κ3) is 5.90. The Balaban J connectivity index is 1.31. The molecule has 1 aliphatic heterocycles. The lowest BCUT2D eigenvalue weighted by molar-refractivity contribution is -0.127. The molecule has 0 unspecified atom stereocenters. The first-order valence-electron chi connectivity index (χ1n) is 11.9. The molecule has 0 aromatic heterocycles. The van der Waals surface area contributed by atoms with Crippen LogP contribution in [0.2, 0.25) is 0 Å². The molecule has 2 aromatic carbocycles.